The molecule has 1 atom stereocenters. The van der Waals surface area contributed by atoms with Gasteiger partial charge in [-0.3, -0.25) is 4.79 Å². The average Bonchev–Trinajstić information content (AvgIpc) is 2.45. The Bertz CT molecular complexity index is 524. The molecule has 0 amide bonds. The molecule has 0 bridgehead atoms. The zero-order valence-electron chi connectivity index (χ0n) is 13.9. The molecule has 0 saturated carbocycles. The summed E-state index contributed by atoms with van der Waals surface area (Å²) in [6.45, 7) is 8.22. The van der Waals surface area contributed by atoms with Gasteiger partial charge in [0, 0.05) is 5.56 Å². The fraction of sp³-hybridized carbons (Fsp3) is 0.611. The van der Waals surface area contributed by atoms with Crippen molar-refractivity contribution in [3.63, 3.8) is 0 Å². The summed E-state index contributed by atoms with van der Waals surface area (Å²) in [5.41, 5.74) is 0.971. The average molecular weight is 327 g/mol. The Balaban J connectivity index is 2.78. The minimum Gasteiger partial charge on any atom is -0.507 e. The molecule has 124 valence electrons. The van der Waals surface area contributed by atoms with Crippen LogP contribution in [0.15, 0.2) is 0 Å². The summed E-state index contributed by atoms with van der Waals surface area (Å²) in [7, 11) is 0. The van der Waals surface area contributed by atoms with Crippen LogP contribution in [0.3, 0.4) is 0 Å². The Morgan fingerprint density at radius 2 is 1.73 bits per heavy atom. The van der Waals surface area contributed by atoms with Crippen LogP contribution in [-0.4, -0.2) is 16.5 Å². The molecule has 1 aromatic rings. The van der Waals surface area contributed by atoms with E-state index >= 15 is 0 Å². The third-order valence-corrected chi connectivity index (χ3v) is 4.71. The molecule has 0 radical (unpaired) electrons. The van der Waals surface area contributed by atoms with E-state index in [1.165, 1.54) is 12.8 Å². The quantitative estimate of drug-likeness (QED) is 0.640. The number of carbonyl (C=O) groups excluding carboxylic acids is 1. The first-order valence-electron chi connectivity index (χ1n) is 7.97. The lowest BCUT2D eigenvalue weighted by Gasteiger charge is -2.16. The lowest BCUT2D eigenvalue weighted by Crippen LogP contribution is -2.02. The van der Waals surface area contributed by atoms with Gasteiger partial charge in [0.15, 0.2) is 6.29 Å². The van der Waals surface area contributed by atoms with Gasteiger partial charge in [-0.25, -0.2) is 0 Å². The molecule has 22 heavy (non-hydrogen) atoms. The number of benzene rings is 1. The van der Waals surface area contributed by atoms with Crippen molar-refractivity contribution < 1.29 is 15.0 Å². The Kier molecular flexibility index (Phi) is 7.21. The van der Waals surface area contributed by atoms with Crippen LogP contribution < -0.4 is 0 Å². The molecule has 3 nitrogen and oxygen atoms in total. The van der Waals surface area contributed by atoms with E-state index in [-0.39, 0.29) is 22.1 Å². The fourth-order valence-corrected chi connectivity index (χ4v) is 2.89. The Morgan fingerprint density at radius 3 is 2.27 bits per heavy atom. The van der Waals surface area contributed by atoms with Crippen molar-refractivity contribution in [2.75, 3.05) is 0 Å². The van der Waals surface area contributed by atoms with Crippen molar-refractivity contribution in [3.8, 4) is 11.5 Å². The van der Waals surface area contributed by atoms with E-state index in [1.54, 1.807) is 6.92 Å². The number of rotatable bonds is 8. The largest absolute Gasteiger partial charge is 0.507 e. The van der Waals surface area contributed by atoms with Crippen molar-refractivity contribution >= 4 is 17.9 Å². The van der Waals surface area contributed by atoms with Gasteiger partial charge < -0.3 is 10.2 Å². The van der Waals surface area contributed by atoms with E-state index in [0.717, 1.165) is 12.8 Å². The zero-order valence-corrected chi connectivity index (χ0v) is 14.7. The summed E-state index contributed by atoms with van der Waals surface area (Å²) < 4.78 is 0. The molecule has 1 rings (SSSR count). The highest BCUT2D eigenvalue weighted by atomic mass is 35.5. The summed E-state index contributed by atoms with van der Waals surface area (Å²) in [5.74, 6) is 0.976. The van der Waals surface area contributed by atoms with E-state index in [9.17, 15) is 15.0 Å². The predicted molar refractivity (Wildman–Crippen MR) is 91.1 cm³/mol. The number of aldehydes is 1. The van der Waals surface area contributed by atoms with Crippen LogP contribution >= 0.6 is 11.6 Å². The van der Waals surface area contributed by atoms with Crippen LogP contribution in [0.1, 0.15) is 67.9 Å². The first-order valence-corrected chi connectivity index (χ1v) is 8.35. The molecule has 0 saturated heterocycles. The normalized spacial score (nSPS) is 12.6. The molecule has 0 spiro atoms. The smallest absolute Gasteiger partial charge is 0.154 e. The minimum atomic E-state index is -0.135. The van der Waals surface area contributed by atoms with Crippen LogP contribution in [-0.2, 0) is 6.42 Å². The highest BCUT2D eigenvalue weighted by Gasteiger charge is 2.20. The van der Waals surface area contributed by atoms with E-state index in [4.69, 9.17) is 11.6 Å². The van der Waals surface area contributed by atoms with Gasteiger partial charge in [0.05, 0.1) is 10.6 Å². The monoisotopic (exact) mass is 326 g/mol. The third kappa shape index (κ3) is 4.64. The number of carbonyl (C=O) groups is 1. The molecule has 0 heterocycles. The second kappa shape index (κ2) is 8.42. The number of hydrogen-bond donors (Lipinski definition) is 2. The van der Waals surface area contributed by atoms with Gasteiger partial charge in [-0.15, -0.1) is 0 Å². The maximum Gasteiger partial charge on any atom is 0.154 e. The maximum absolute atomic E-state index is 11.1. The number of phenolic OH excluding ortho intramolecular Hbond substituents is 2. The van der Waals surface area contributed by atoms with Gasteiger partial charge >= 0.3 is 0 Å². The Morgan fingerprint density at radius 1 is 1.09 bits per heavy atom. The Labute approximate surface area is 138 Å². The van der Waals surface area contributed by atoms with Gasteiger partial charge in [0.1, 0.15) is 11.5 Å². The van der Waals surface area contributed by atoms with Crippen LogP contribution in [0.5, 0.6) is 11.5 Å². The lowest BCUT2D eigenvalue weighted by molar-refractivity contribution is 0.112. The second-order valence-electron chi connectivity index (χ2n) is 6.61. The minimum absolute atomic E-state index is 0.100. The highest BCUT2D eigenvalue weighted by Crippen LogP contribution is 2.41. The molecule has 4 heteroatoms. The third-order valence-electron chi connectivity index (χ3n) is 4.25. The second-order valence-corrected chi connectivity index (χ2v) is 6.99. The number of hydrogen-bond acceptors (Lipinski definition) is 3. The number of phenols is 2. The first-order chi connectivity index (χ1) is 10.3. The molecular formula is C18H27ClO3. The van der Waals surface area contributed by atoms with Gasteiger partial charge in [-0.2, -0.15) is 0 Å². The first kappa shape index (κ1) is 18.8. The molecule has 2 N–H and O–H groups in total. The van der Waals surface area contributed by atoms with Crippen LogP contribution in [0, 0.1) is 18.8 Å². The van der Waals surface area contributed by atoms with Crippen molar-refractivity contribution in [1.82, 2.24) is 0 Å². The molecule has 0 aliphatic rings. The molecular weight excluding hydrogens is 300 g/mol. The molecule has 0 aromatic heterocycles. The van der Waals surface area contributed by atoms with Crippen molar-refractivity contribution in [1.29, 1.82) is 0 Å². The molecule has 0 aliphatic heterocycles. The summed E-state index contributed by atoms with van der Waals surface area (Å²) in [6, 6.07) is 0. The summed E-state index contributed by atoms with van der Waals surface area (Å²) in [5, 5.41) is 20.5. The van der Waals surface area contributed by atoms with Crippen LogP contribution in [0.4, 0.5) is 0 Å². The van der Waals surface area contributed by atoms with Crippen LogP contribution in [0.25, 0.3) is 0 Å². The highest BCUT2D eigenvalue weighted by molar-refractivity contribution is 6.33. The fourth-order valence-electron chi connectivity index (χ4n) is 2.67. The topological polar surface area (TPSA) is 57.5 Å². The summed E-state index contributed by atoms with van der Waals surface area (Å²) in [6.07, 6.45) is 5.47. The maximum atomic E-state index is 11.1. The molecule has 1 aromatic carbocycles. The van der Waals surface area contributed by atoms with Crippen molar-refractivity contribution in [2.24, 2.45) is 11.8 Å². The van der Waals surface area contributed by atoms with Gasteiger partial charge in [-0.05, 0) is 37.2 Å². The van der Waals surface area contributed by atoms with Gasteiger partial charge in [0.2, 0.25) is 0 Å². The van der Waals surface area contributed by atoms with Gasteiger partial charge in [-0.1, -0.05) is 51.6 Å². The Hall–Kier alpha value is -1.22. The SMILES string of the molecule is Cc1c(Cl)c(O)c(CCC(C)CCCC(C)C)c(O)c1C=O. The van der Waals surface area contributed by atoms with Crippen LogP contribution in [0.2, 0.25) is 5.02 Å². The molecule has 1 unspecified atom stereocenters. The van der Waals surface area contributed by atoms with Gasteiger partial charge in [0.25, 0.3) is 0 Å². The lowest BCUT2D eigenvalue weighted by atomic mass is 9.92. The van der Waals surface area contributed by atoms with Crippen molar-refractivity contribution in [2.45, 2.75) is 59.8 Å². The van der Waals surface area contributed by atoms with Crippen molar-refractivity contribution in [3.05, 3.63) is 21.7 Å². The summed E-state index contributed by atoms with van der Waals surface area (Å²) >= 11 is 6.05. The summed E-state index contributed by atoms with van der Waals surface area (Å²) in [4.78, 5) is 11.1. The molecule has 0 aliphatic carbocycles. The van der Waals surface area contributed by atoms with E-state index in [2.05, 4.69) is 20.8 Å². The molecule has 0 fully saturated rings. The van der Waals surface area contributed by atoms with E-state index in [1.807, 2.05) is 0 Å². The zero-order chi connectivity index (χ0) is 16.9. The number of halogens is 1. The standard InChI is InChI=1S/C18H27ClO3/c1-11(2)6-5-7-12(3)8-9-14-17(21)15(10-20)13(4)16(19)18(14)22/h10-12,21-22H,5-9H2,1-4H3. The number of aromatic hydroxyl groups is 2. The van der Waals surface area contributed by atoms with E-state index < -0.39 is 0 Å². The van der Waals surface area contributed by atoms with E-state index in [0.29, 0.717) is 35.7 Å². The predicted octanol–water partition coefficient (Wildman–Crippen LogP) is 5.27.